The molecular weight excluding hydrogens is 144 g/mol. The maximum Gasteiger partial charge on any atom is 0.102 e. The Hall–Kier alpha value is -0.640. The maximum absolute atomic E-state index is 9.08. The molecule has 0 aliphatic rings. The van der Waals surface area contributed by atoms with Gasteiger partial charge in [0, 0.05) is 0 Å². The minimum atomic E-state index is -0.932. The van der Waals surface area contributed by atoms with Crippen LogP contribution in [0.15, 0.2) is 24.3 Å². The van der Waals surface area contributed by atoms with E-state index in [-0.39, 0.29) is 6.61 Å². The molecule has 3 nitrogen and oxygen atoms in total. The van der Waals surface area contributed by atoms with Gasteiger partial charge in [-0.05, 0) is 6.92 Å². The summed E-state index contributed by atoms with van der Waals surface area (Å²) in [6.45, 7) is 1.63. The Labute approximate surface area is 66.3 Å². The summed E-state index contributed by atoms with van der Waals surface area (Å²) >= 11 is 0. The summed E-state index contributed by atoms with van der Waals surface area (Å²) in [6, 6.07) is 0. The molecule has 0 fully saturated rings. The van der Waals surface area contributed by atoms with E-state index in [1.165, 1.54) is 18.2 Å². The first-order valence-corrected chi connectivity index (χ1v) is 3.48. The van der Waals surface area contributed by atoms with E-state index in [2.05, 4.69) is 0 Å². The third-order valence-electron chi connectivity index (χ3n) is 1.18. The predicted molar refractivity (Wildman–Crippen MR) is 43.1 cm³/mol. The third-order valence-corrected chi connectivity index (χ3v) is 1.18. The van der Waals surface area contributed by atoms with E-state index in [0.29, 0.717) is 0 Å². The Bertz CT molecular complexity index is 140. The number of aliphatic hydroxyl groups is 3. The van der Waals surface area contributed by atoms with Crippen LogP contribution in [0.2, 0.25) is 0 Å². The number of hydrogen-bond acceptors (Lipinski definition) is 3. The second-order valence-corrected chi connectivity index (χ2v) is 2.12. The van der Waals surface area contributed by atoms with Crippen molar-refractivity contribution in [2.45, 2.75) is 19.1 Å². The molecule has 0 rings (SSSR count). The minimum absolute atomic E-state index is 0.125. The number of allylic oxidation sites excluding steroid dienone is 1. The van der Waals surface area contributed by atoms with Crippen LogP contribution in [0.3, 0.4) is 0 Å². The highest BCUT2D eigenvalue weighted by molar-refractivity contribution is 4.99. The lowest BCUT2D eigenvalue weighted by Gasteiger charge is -2.08. The van der Waals surface area contributed by atoms with Crippen LogP contribution in [0.25, 0.3) is 0 Å². The molecule has 64 valence electrons. The normalized spacial score (nSPS) is 17.8. The first kappa shape index (κ1) is 10.4. The van der Waals surface area contributed by atoms with Crippen LogP contribution in [0.4, 0.5) is 0 Å². The summed E-state index contributed by atoms with van der Waals surface area (Å²) in [5, 5.41) is 26.5. The van der Waals surface area contributed by atoms with Gasteiger partial charge in [-0.1, -0.05) is 24.3 Å². The zero-order valence-electron chi connectivity index (χ0n) is 6.51. The monoisotopic (exact) mass is 158 g/mol. The zero-order valence-corrected chi connectivity index (χ0v) is 6.51. The first-order valence-electron chi connectivity index (χ1n) is 3.48. The lowest BCUT2D eigenvalue weighted by Crippen LogP contribution is -2.21. The fraction of sp³-hybridized carbons (Fsp3) is 0.500. The minimum Gasteiger partial charge on any atom is -0.392 e. The first-order chi connectivity index (χ1) is 5.22. The van der Waals surface area contributed by atoms with Gasteiger partial charge in [0.15, 0.2) is 0 Å². The van der Waals surface area contributed by atoms with Crippen molar-refractivity contribution >= 4 is 0 Å². The van der Waals surface area contributed by atoms with E-state index < -0.39 is 12.2 Å². The topological polar surface area (TPSA) is 60.7 Å². The van der Waals surface area contributed by atoms with E-state index >= 15 is 0 Å². The lowest BCUT2D eigenvalue weighted by atomic mass is 10.2. The Morgan fingerprint density at radius 3 is 2.18 bits per heavy atom. The van der Waals surface area contributed by atoms with Crippen molar-refractivity contribution in [2.24, 2.45) is 0 Å². The van der Waals surface area contributed by atoms with E-state index in [0.717, 1.165) is 0 Å². The van der Waals surface area contributed by atoms with Gasteiger partial charge < -0.3 is 15.3 Å². The molecular formula is C8H14O3. The van der Waals surface area contributed by atoms with Crippen LogP contribution < -0.4 is 0 Å². The molecule has 11 heavy (non-hydrogen) atoms. The third kappa shape index (κ3) is 4.72. The smallest absolute Gasteiger partial charge is 0.102 e. The van der Waals surface area contributed by atoms with Gasteiger partial charge >= 0.3 is 0 Å². The van der Waals surface area contributed by atoms with Crippen LogP contribution >= 0.6 is 0 Å². The quantitative estimate of drug-likeness (QED) is 0.498. The largest absolute Gasteiger partial charge is 0.392 e. The molecule has 0 aromatic rings. The Kier molecular flexibility index (Phi) is 5.74. The molecule has 0 bridgehead atoms. The van der Waals surface area contributed by atoms with Crippen LogP contribution in [-0.2, 0) is 0 Å². The molecule has 2 atom stereocenters. The van der Waals surface area contributed by atoms with Crippen molar-refractivity contribution in [3.05, 3.63) is 24.3 Å². The SMILES string of the molecule is CC=CC(O)C(O)C=CCO. The Balaban J connectivity index is 3.81. The molecule has 3 heteroatoms. The van der Waals surface area contributed by atoms with Crippen LogP contribution in [0, 0.1) is 0 Å². The summed E-state index contributed by atoms with van der Waals surface area (Å²) < 4.78 is 0. The van der Waals surface area contributed by atoms with Gasteiger partial charge in [-0.2, -0.15) is 0 Å². The summed E-state index contributed by atoms with van der Waals surface area (Å²) in [5.74, 6) is 0. The molecule has 0 saturated carbocycles. The molecule has 0 aliphatic carbocycles. The molecule has 0 heterocycles. The Morgan fingerprint density at radius 1 is 1.18 bits per heavy atom. The number of aliphatic hydroxyl groups excluding tert-OH is 3. The van der Waals surface area contributed by atoms with Crippen molar-refractivity contribution in [1.29, 1.82) is 0 Å². The van der Waals surface area contributed by atoms with Crippen LogP contribution in [0.5, 0.6) is 0 Å². The molecule has 0 spiro atoms. The summed E-state index contributed by atoms with van der Waals surface area (Å²) in [6.07, 6.45) is 4.05. The molecule has 0 radical (unpaired) electrons. The average molecular weight is 158 g/mol. The van der Waals surface area contributed by atoms with E-state index in [4.69, 9.17) is 15.3 Å². The fourth-order valence-corrected chi connectivity index (χ4v) is 0.625. The highest BCUT2D eigenvalue weighted by atomic mass is 16.3. The number of hydrogen-bond donors (Lipinski definition) is 3. The van der Waals surface area contributed by atoms with E-state index in [1.54, 1.807) is 13.0 Å². The van der Waals surface area contributed by atoms with Crippen molar-refractivity contribution < 1.29 is 15.3 Å². The van der Waals surface area contributed by atoms with Gasteiger partial charge in [0.2, 0.25) is 0 Å². The summed E-state index contributed by atoms with van der Waals surface area (Å²) in [5.41, 5.74) is 0. The van der Waals surface area contributed by atoms with Gasteiger partial charge in [-0.15, -0.1) is 0 Å². The van der Waals surface area contributed by atoms with Crippen LogP contribution in [0.1, 0.15) is 6.92 Å². The van der Waals surface area contributed by atoms with Gasteiger partial charge in [-0.25, -0.2) is 0 Å². The molecule has 2 unspecified atom stereocenters. The Morgan fingerprint density at radius 2 is 1.73 bits per heavy atom. The molecule has 0 saturated heterocycles. The molecule has 0 aromatic carbocycles. The standard InChI is InChI=1S/C8H14O3/c1-2-4-7(10)8(11)5-3-6-9/h2-5,7-11H,6H2,1H3. The van der Waals surface area contributed by atoms with Crippen molar-refractivity contribution in [3.63, 3.8) is 0 Å². The highest BCUT2D eigenvalue weighted by Crippen LogP contribution is 1.96. The van der Waals surface area contributed by atoms with Crippen molar-refractivity contribution in [3.8, 4) is 0 Å². The fourth-order valence-electron chi connectivity index (χ4n) is 0.625. The van der Waals surface area contributed by atoms with Gasteiger partial charge in [0.05, 0.1) is 6.61 Å². The summed E-state index contributed by atoms with van der Waals surface area (Å²) in [7, 11) is 0. The van der Waals surface area contributed by atoms with E-state index in [9.17, 15) is 0 Å². The molecule has 0 amide bonds. The second-order valence-electron chi connectivity index (χ2n) is 2.12. The zero-order chi connectivity index (χ0) is 8.69. The van der Waals surface area contributed by atoms with Gasteiger partial charge in [0.25, 0.3) is 0 Å². The molecule has 3 N–H and O–H groups in total. The van der Waals surface area contributed by atoms with Crippen molar-refractivity contribution in [2.75, 3.05) is 6.61 Å². The predicted octanol–water partition coefficient (Wildman–Crippen LogP) is -0.167. The van der Waals surface area contributed by atoms with E-state index in [1.807, 2.05) is 0 Å². The van der Waals surface area contributed by atoms with Crippen LogP contribution in [-0.4, -0.2) is 34.1 Å². The lowest BCUT2D eigenvalue weighted by molar-refractivity contribution is 0.0803. The molecule has 0 aromatic heterocycles. The average Bonchev–Trinajstić information content (AvgIpc) is 2.00. The summed E-state index contributed by atoms with van der Waals surface area (Å²) in [4.78, 5) is 0. The number of rotatable bonds is 4. The van der Waals surface area contributed by atoms with Gasteiger partial charge in [0.1, 0.15) is 12.2 Å². The maximum atomic E-state index is 9.08. The highest BCUT2D eigenvalue weighted by Gasteiger charge is 2.07. The van der Waals surface area contributed by atoms with Gasteiger partial charge in [-0.3, -0.25) is 0 Å². The van der Waals surface area contributed by atoms with Crippen molar-refractivity contribution in [1.82, 2.24) is 0 Å². The second kappa shape index (κ2) is 6.09. The molecule has 0 aliphatic heterocycles.